The molecule has 1 N–H and O–H groups in total. The zero-order valence-corrected chi connectivity index (χ0v) is 10.2. The van der Waals surface area contributed by atoms with Gasteiger partial charge in [0.1, 0.15) is 0 Å². The second-order valence-corrected chi connectivity index (χ2v) is 5.53. The van der Waals surface area contributed by atoms with Crippen LogP contribution < -0.4 is 5.32 Å². The molecule has 2 nitrogen and oxygen atoms in total. The maximum Gasteiger partial charge on any atom is 0.233 e. The van der Waals surface area contributed by atoms with Crippen molar-refractivity contribution in [3.63, 3.8) is 0 Å². The van der Waals surface area contributed by atoms with Crippen molar-refractivity contribution in [3.05, 3.63) is 29.8 Å². The van der Waals surface area contributed by atoms with E-state index in [0.717, 1.165) is 25.0 Å². The van der Waals surface area contributed by atoms with Gasteiger partial charge >= 0.3 is 0 Å². The van der Waals surface area contributed by atoms with Gasteiger partial charge in [-0.05, 0) is 38.0 Å². The summed E-state index contributed by atoms with van der Waals surface area (Å²) in [6, 6.07) is 3.98. The number of nitrogens with one attached hydrogen (secondary N) is 1. The van der Waals surface area contributed by atoms with E-state index in [1.807, 2.05) is 0 Å². The van der Waals surface area contributed by atoms with E-state index in [4.69, 9.17) is 0 Å². The molecule has 1 aliphatic rings. The summed E-state index contributed by atoms with van der Waals surface area (Å²) in [6.45, 7) is 1.75. The molecule has 5 heteroatoms. The summed E-state index contributed by atoms with van der Waals surface area (Å²) in [6.07, 6.45) is 2.07. The zero-order valence-electron chi connectivity index (χ0n) is 9.37. The van der Waals surface area contributed by atoms with E-state index in [1.165, 1.54) is 17.8 Å². The SMILES string of the molecule is CC(Sc1ccc(F)c(F)c1)C(=O)NC1CC1. The Morgan fingerprint density at radius 3 is 2.71 bits per heavy atom. The molecular formula is C12H13F2NOS. The molecule has 1 aliphatic carbocycles. The van der Waals surface area contributed by atoms with Crippen molar-refractivity contribution in [1.29, 1.82) is 0 Å². The first-order valence-electron chi connectivity index (χ1n) is 5.48. The predicted octanol–water partition coefficient (Wildman–Crippen LogP) is 2.72. The Bertz CT molecular complexity index is 435. The Kier molecular flexibility index (Phi) is 3.66. The van der Waals surface area contributed by atoms with E-state index < -0.39 is 11.6 Å². The molecule has 1 aromatic carbocycles. The average Bonchev–Trinajstić information content (AvgIpc) is 3.07. The fourth-order valence-electron chi connectivity index (χ4n) is 1.35. The maximum atomic E-state index is 13.0. The van der Waals surface area contributed by atoms with E-state index in [2.05, 4.69) is 5.32 Å². The Morgan fingerprint density at radius 2 is 2.12 bits per heavy atom. The number of carbonyl (C=O) groups excluding carboxylic acids is 1. The molecule has 0 bridgehead atoms. The monoisotopic (exact) mass is 257 g/mol. The maximum absolute atomic E-state index is 13.0. The number of amides is 1. The predicted molar refractivity (Wildman–Crippen MR) is 62.8 cm³/mol. The largest absolute Gasteiger partial charge is 0.352 e. The van der Waals surface area contributed by atoms with Crippen molar-refractivity contribution >= 4 is 17.7 Å². The molecule has 92 valence electrons. The fraction of sp³-hybridized carbons (Fsp3) is 0.417. The number of halogens is 2. The highest BCUT2D eigenvalue weighted by Gasteiger charge is 2.26. The minimum absolute atomic E-state index is 0.0535. The van der Waals surface area contributed by atoms with Crippen molar-refractivity contribution in [3.8, 4) is 0 Å². The molecule has 0 spiro atoms. The topological polar surface area (TPSA) is 29.1 Å². The number of benzene rings is 1. The highest BCUT2D eigenvalue weighted by atomic mass is 32.2. The van der Waals surface area contributed by atoms with Crippen LogP contribution in [0.15, 0.2) is 23.1 Å². The number of hydrogen-bond acceptors (Lipinski definition) is 2. The first kappa shape index (κ1) is 12.4. The first-order chi connectivity index (χ1) is 8.06. The molecule has 2 rings (SSSR count). The summed E-state index contributed by atoms with van der Waals surface area (Å²) < 4.78 is 25.7. The van der Waals surface area contributed by atoms with Crippen LogP contribution in [0, 0.1) is 11.6 Å². The van der Waals surface area contributed by atoms with Gasteiger partial charge in [-0.15, -0.1) is 11.8 Å². The molecule has 0 aromatic heterocycles. The number of rotatable bonds is 4. The lowest BCUT2D eigenvalue weighted by Crippen LogP contribution is -2.32. The Hall–Kier alpha value is -1.10. The first-order valence-corrected chi connectivity index (χ1v) is 6.36. The molecular weight excluding hydrogens is 244 g/mol. The summed E-state index contributed by atoms with van der Waals surface area (Å²) in [5, 5.41) is 2.57. The van der Waals surface area contributed by atoms with Crippen LogP contribution in [0.1, 0.15) is 19.8 Å². The van der Waals surface area contributed by atoms with Gasteiger partial charge in [0.15, 0.2) is 11.6 Å². The molecule has 1 fully saturated rings. The van der Waals surface area contributed by atoms with E-state index in [-0.39, 0.29) is 11.2 Å². The number of carbonyl (C=O) groups is 1. The quantitative estimate of drug-likeness (QED) is 0.840. The summed E-state index contributed by atoms with van der Waals surface area (Å²) in [4.78, 5) is 12.2. The second-order valence-electron chi connectivity index (χ2n) is 4.12. The van der Waals surface area contributed by atoms with Crippen LogP contribution in [-0.2, 0) is 4.79 Å². The fourth-order valence-corrected chi connectivity index (χ4v) is 2.26. The third-order valence-corrected chi connectivity index (χ3v) is 3.59. The van der Waals surface area contributed by atoms with Gasteiger partial charge in [0.2, 0.25) is 5.91 Å². The van der Waals surface area contributed by atoms with Gasteiger partial charge in [0.25, 0.3) is 0 Å². The van der Waals surface area contributed by atoms with E-state index in [9.17, 15) is 13.6 Å². The standard InChI is InChI=1S/C12H13F2NOS/c1-7(12(16)15-8-2-3-8)17-9-4-5-10(13)11(14)6-9/h4-8H,2-3H2,1H3,(H,15,16). The zero-order chi connectivity index (χ0) is 12.4. The van der Waals surface area contributed by atoms with Crippen molar-refractivity contribution in [2.45, 2.75) is 36.0 Å². The summed E-state index contributed by atoms with van der Waals surface area (Å²) in [5.74, 6) is -1.81. The van der Waals surface area contributed by atoms with Crippen LogP contribution in [0.3, 0.4) is 0 Å². The van der Waals surface area contributed by atoms with Gasteiger partial charge in [0, 0.05) is 10.9 Å². The molecule has 0 heterocycles. The highest BCUT2D eigenvalue weighted by Crippen LogP contribution is 2.26. The van der Waals surface area contributed by atoms with Gasteiger partial charge in [-0.25, -0.2) is 8.78 Å². The lowest BCUT2D eigenvalue weighted by molar-refractivity contribution is -0.120. The van der Waals surface area contributed by atoms with Crippen molar-refractivity contribution < 1.29 is 13.6 Å². The van der Waals surface area contributed by atoms with Crippen LogP contribution in [0.4, 0.5) is 8.78 Å². The van der Waals surface area contributed by atoms with Crippen LogP contribution in [0.2, 0.25) is 0 Å². The average molecular weight is 257 g/mol. The van der Waals surface area contributed by atoms with Gasteiger partial charge in [-0.1, -0.05) is 0 Å². The second kappa shape index (κ2) is 5.04. The molecule has 1 amide bonds. The number of hydrogen-bond donors (Lipinski definition) is 1. The lowest BCUT2D eigenvalue weighted by Gasteiger charge is -2.11. The van der Waals surface area contributed by atoms with Crippen molar-refractivity contribution in [1.82, 2.24) is 5.32 Å². The van der Waals surface area contributed by atoms with Crippen LogP contribution in [0.25, 0.3) is 0 Å². The lowest BCUT2D eigenvalue weighted by atomic mass is 10.3. The highest BCUT2D eigenvalue weighted by molar-refractivity contribution is 8.00. The molecule has 1 saturated carbocycles. The van der Waals surface area contributed by atoms with Gasteiger partial charge in [-0.3, -0.25) is 4.79 Å². The minimum atomic E-state index is -0.884. The molecule has 0 aliphatic heterocycles. The van der Waals surface area contributed by atoms with E-state index in [1.54, 1.807) is 6.92 Å². The van der Waals surface area contributed by atoms with Gasteiger partial charge in [-0.2, -0.15) is 0 Å². The summed E-state index contributed by atoms with van der Waals surface area (Å²) in [5.41, 5.74) is 0. The third kappa shape index (κ3) is 3.43. The van der Waals surface area contributed by atoms with Crippen molar-refractivity contribution in [2.75, 3.05) is 0 Å². The van der Waals surface area contributed by atoms with Crippen LogP contribution in [-0.4, -0.2) is 17.2 Å². The summed E-state index contributed by atoms with van der Waals surface area (Å²) >= 11 is 1.23. The van der Waals surface area contributed by atoms with Gasteiger partial charge < -0.3 is 5.32 Å². The minimum Gasteiger partial charge on any atom is -0.352 e. The van der Waals surface area contributed by atoms with Gasteiger partial charge in [0.05, 0.1) is 5.25 Å². The Labute approximate surface area is 103 Å². The molecule has 17 heavy (non-hydrogen) atoms. The van der Waals surface area contributed by atoms with Crippen molar-refractivity contribution in [2.24, 2.45) is 0 Å². The molecule has 1 unspecified atom stereocenters. The van der Waals surface area contributed by atoms with Crippen LogP contribution in [0.5, 0.6) is 0 Å². The Balaban J connectivity index is 1.94. The van der Waals surface area contributed by atoms with Crippen LogP contribution >= 0.6 is 11.8 Å². The number of thioether (sulfide) groups is 1. The van der Waals surface area contributed by atoms with E-state index >= 15 is 0 Å². The molecule has 1 atom stereocenters. The van der Waals surface area contributed by atoms with E-state index in [0.29, 0.717) is 10.9 Å². The molecule has 1 aromatic rings. The normalized spacial score (nSPS) is 16.6. The molecule has 0 radical (unpaired) electrons. The Morgan fingerprint density at radius 1 is 1.41 bits per heavy atom. The molecule has 0 saturated heterocycles. The summed E-state index contributed by atoms with van der Waals surface area (Å²) in [7, 11) is 0. The smallest absolute Gasteiger partial charge is 0.233 e. The third-order valence-electron chi connectivity index (χ3n) is 2.50.